The Labute approximate surface area is 194 Å². The van der Waals surface area contributed by atoms with E-state index in [1.165, 1.54) is 22.2 Å². The molecular formula is C25H23N5O2S. The molecule has 7 nitrogen and oxygen atoms in total. The van der Waals surface area contributed by atoms with Gasteiger partial charge in [-0.15, -0.1) is 0 Å². The van der Waals surface area contributed by atoms with E-state index in [0.717, 1.165) is 46.7 Å². The van der Waals surface area contributed by atoms with Crippen LogP contribution in [0.1, 0.15) is 30.9 Å². The van der Waals surface area contributed by atoms with E-state index in [1.807, 2.05) is 65.5 Å². The fourth-order valence-electron chi connectivity index (χ4n) is 3.66. The number of hydrogen-bond donors (Lipinski definition) is 0. The van der Waals surface area contributed by atoms with Crippen molar-refractivity contribution in [3.05, 3.63) is 87.1 Å². The molecule has 0 spiro atoms. The highest BCUT2D eigenvalue weighted by atomic mass is 32.1. The Bertz CT molecular complexity index is 1520. The lowest BCUT2D eigenvalue weighted by molar-refractivity contribution is 0.309. The van der Waals surface area contributed by atoms with Gasteiger partial charge in [0, 0.05) is 17.3 Å². The fraction of sp³-hybridized carbons (Fsp3) is 0.200. The first-order valence-electron chi connectivity index (χ1n) is 10.9. The van der Waals surface area contributed by atoms with Crippen molar-refractivity contribution in [3.8, 4) is 22.7 Å². The molecule has 3 aromatic heterocycles. The Morgan fingerprint density at radius 2 is 2.00 bits per heavy atom. The molecular weight excluding hydrogens is 434 g/mol. The van der Waals surface area contributed by atoms with E-state index < -0.39 is 0 Å². The van der Waals surface area contributed by atoms with Crippen molar-refractivity contribution in [3.63, 3.8) is 0 Å². The minimum Gasteiger partial charge on any atom is -0.494 e. The smallest absolute Gasteiger partial charge is 0.291 e. The molecule has 5 aromatic rings. The molecule has 0 unspecified atom stereocenters. The molecule has 0 N–H and O–H groups in total. The van der Waals surface area contributed by atoms with Gasteiger partial charge in [0.2, 0.25) is 4.96 Å². The summed E-state index contributed by atoms with van der Waals surface area (Å²) in [5.74, 6) is 0.852. The average molecular weight is 458 g/mol. The van der Waals surface area contributed by atoms with Crippen LogP contribution in [0.4, 0.5) is 0 Å². The first-order chi connectivity index (χ1) is 16.1. The molecule has 0 saturated heterocycles. The van der Waals surface area contributed by atoms with Crippen molar-refractivity contribution in [1.29, 1.82) is 0 Å². The van der Waals surface area contributed by atoms with Crippen LogP contribution >= 0.6 is 11.3 Å². The maximum absolute atomic E-state index is 12.8. The zero-order chi connectivity index (χ0) is 22.8. The van der Waals surface area contributed by atoms with E-state index in [4.69, 9.17) is 9.84 Å². The number of benzene rings is 2. The van der Waals surface area contributed by atoms with Crippen molar-refractivity contribution < 1.29 is 4.74 Å². The normalized spacial score (nSPS) is 12.0. The van der Waals surface area contributed by atoms with Crippen LogP contribution in [0, 0.1) is 6.92 Å². The summed E-state index contributed by atoms with van der Waals surface area (Å²) < 4.78 is 9.60. The number of para-hydroxylation sites is 1. The summed E-state index contributed by atoms with van der Waals surface area (Å²) in [6.45, 7) is 4.90. The van der Waals surface area contributed by atoms with E-state index in [9.17, 15) is 4.79 Å². The monoisotopic (exact) mass is 457 g/mol. The molecule has 0 amide bonds. The SMILES string of the molecule is CCCCOc1ccc(-c2nn(-c3ccccc3)cc2/C=c2\sc3ncnn3c2=O)c(C)c1. The molecule has 166 valence electrons. The van der Waals surface area contributed by atoms with Crippen LogP contribution in [0.25, 0.3) is 28.0 Å². The lowest BCUT2D eigenvalue weighted by Gasteiger charge is -2.09. The summed E-state index contributed by atoms with van der Waals surface area (Å²) in [6.07, 6.45) is 7.33. The van der Waals surface area contributed by atoms with Crippen LogP contribution in [0.5, 0.6) is 5.75 Å². The van der Waals surface area contributed by atoms with E-state index in [0.29, 0.717) is 16.1 Å². The van der Waals surface area contributed by atoms with E-state index in [1.54, 1.807) is 0 Å². The second-order valence-electron chi connectivity index (χ2n) is 7.76. The summed E-state index contributed by atoms with van der Waals surface area (Å²) in [5.41, 5.74) is 4.47. The van der Waals surface area contributed by atoms with Crippen LogP contribution in [0.15, 0.2) is 65.8 Å². The topological polar surface area (TPSA) is 74.3 Å². The quantitative estimate of drug-likeness (QED) is 0.345. The summed E-state index contributed by atoms with van der Waals surface area (Å²) in [6, 6.07) is 16.0. The van der Waals surface area contributed by atoms with Crippen molar-refractivity contribution in [1.82, 2.24) is 24.4 Å². The maximum atomic E-state index is 12.8. The van der Waals surface area contributed by atoms with Gasteiger partial charge in [0.05, 0.1) is 16.8 Å². The van der Waals surface area contributed by atoms with Gasteiger partial charge in [-0.1, -0.05) is 42.9 Å². The highest BCUT2D eigenvalue weighted by molar-refractivity contribution is 7.15. The Balaban J connectivity index is 1.63. The number of aromatic nitrogens is 5. The third kappa shape index (κ3) is 4.17. The molecule has 0 radical (unpaired) electrons. The number of fused-ring (bicyclic) bond motifs is 1. The summed E-state index contributed by atoms with van der Waals surface area (Å²) in [7, 11) is 0. The Kier molecular flexibility index (Phi) is 5.75. The molecule has 0 bridgehead atoms. The Hall–Kier alpha value is -3.78. The van der Waals surface area contributed by atoms with Gasteiger partial charge in [0.25, 0.3) is 5.56 Å². The lowest BCUT2D eigenvalue weighted by Crippen LogP contribution is -2.23. The van der Waals surface area contributed by atoms with E-state index >= 15 is 0 Å². The fourth-order valence-corrected chi connectivity index (χ4v) is 4.53. The van der Waals surface area contributed by atoms with Gasteiger partial charge in [0.1, 0.15) is 17.8 Å². The summed E-state index contributed by atoms with van der Waals surface area (Å²) in [4.78, 5) is 17.5. The van der Waals surface area contributed by atoms with Gasteiger partial charge in [-0.25, -0.2) is 9.67 Å². The molecule has 0 aliphatic rings. The molecule has 33 heavy (non-hydrogen) atoms. The number of unbranched alkanes of at least 4 members (excludes halogenated alkanes) is 1. The Morgan fingerprint density at radius 3 is 2.76 bits per heavy atom. The lowest BCUT2D eigenvalue weighted by atomic mass is 10.0. The van der Waals surface area contributed by atoms with Gasteiger partial charge < -0.3 is 4.74 Å². The van der Waals surface area contributed by atoms with E-state index in [2.05, 4.69) is 23.9 Å². The number of nitrogens with zero attached hydrogens (tertiary/aromatic N) is 5. The Morgan fingerprint density at radius 1 is 1.15 bits per heavy atom. The third-order valence-electron chi connectivity index (χ3n) is 5.39. The van der Waals surface area contributed by atoms with Crippen LogP contribution in [-0.4, -0.2) is 31.0 Å². The van der Waals surface area contributed by atoms with Crippen LogP contribution in [0.3, 0.4) is 0 Å². The van der Waals surface area contributed by atoms with Crippen LogP contribution < -0.4 is 14.8 Å². The molecule has 3 heterocycles. The van der Waals surface area contributed by atoms with Crippen molar-refractivity contribution in [2.75, 3.05) is 6.61 Å². The van der Waals surface area contributed by atoms with Crippen molar-refractivity contribution in [2.45, 2.75) is 26.7 Å². The van der Waals surface area contributed by atoms with E-state index in [-0.39, 0.29) is 5.56 Å². The number of ether oxygens (including phenoxy) is 1. The van der Waals surface area contributed by atoms with Crippen LogP contribution in [-0.2, 0) is 0 Å². The minimum atomic E-state index is -0.178. The second kappa shape index (κ2) is 8.99. The number of thiazole rings is 1. The molecule has 0 fully saturated rings. The average Bonchev–Trinajstić information content (AvgIpc) is 3.53. The molecule has 5 rings (SSSR count). The van der Waals surface area contributed by atoms with Crippen molar-refractivity contribution in [2.24, 2.45) is 0 Å². The highest BCUT2D eigenvalue weighted by Gasteiger charge is 2.15. The molecule has 0 aliphatic carbocycles. The van der Waals surface area contributed by atoms with Gasteiger partial charge in [-0.3, -0.25) is 4.79 Å². The first-order valence-corrected chi connectivity index (χ1v) is 11.7. The number of hydrogen-bond acceptors (Lipinski definition) is 6. The largest absolute Gasteiger partial charge is 0.494 e. The zero-order valence-electron chi connectivity index (χ0n) is 18.4. The first kappa shape index (κ1) is 21.1. The maximum Gasteiger partial charge on any atom is 0.291 e. The van der Waals surface area contributed by atoms with Crippen molar-refractivity contribution >= 4 is 22.4 Å². The van der Waals surface area contributed by atoms with Gasteiger partial charge >= 0.3 is 0 Å². The third-order valence-corrected chi connectivity index (χ3v) is 6.36. The second-order valence-corrected chi connectivity index (χ2v) is 8.77. The molecule has 0 saturated carbocycles. The van der Waals surface area contributed by atoms with Gasteiger partial charge in [-0.2, -0.15) is 14.7 Å². The van der Waals surface area contributed by atoms with Gasteiger partial charge in [-0.05, 0) is 55.3 Å². The number of rotatable bonds is 7. The minimum absolute atomic E-state index is 0.178. The summed E-state index contributed by atoms with van der Waals surface area (Å²) >= 11 is 1.32. The molecule has 0 aliphatic heterocycles. The predicted molar refractivity (Wildman–Crippen MR) is 130 cm³/mol. The molecule has 2 aromatic carbocycles. The highest BCUT2D eigenvalue weighted by Crippen LogP contribution is 2.30. The number of aryl methyl sites for hydroxylation is 1. The van der Waals surface area contributed by atoms with Gasteiger partial charge in [0.15, 0.2) is 0 Å². The molecule has 0 atom stereocenters. The predicted octanol–water partition coefficient (Wildman–Crippen LogP) is 4.04. The zero-order valence-corrected chi connectivity index (χ0v) is 19.2. The molecule has 8 heteroatoms. The summed E-state index contributed by atoms with van der Waals surface area (Å²) in [5, 5.41) is 8.91. The van der Waals surface area contributed by atoms with Crippen LogP contribution in [0.2, 0.25) is 0 Å². The standard InChI is InChI=1S/C25H23N5O2S/c1-3-4-12-32-20-10-11-21(17(2)13-20)23-18(15-29(28-23)19-8-6-5-7-9-19)14-22-24(31)30-25(33-22)26-16-27-30/h5-11,13-16H,3-4,12H2,1-2H3/b22-14-.